The van der Waals surface area contributed by atoms with E-state index >= 15 is 0 Å². The third-order valence-corrected chi connectivity index (χ3v) is 2.44. The molecule has 1 atom stereocenters. The minimum atomic E-state index is -5.13. The third-order valence-electron chi connectivity index (χ3n) is 1.88. The number of hydrogen-bond acceptors (Lipinski definition) is 6. The summed E-state index contributed by atoms with van der Waals surface area (Å²) < 4.78 is 19.4. The van der Waals surface area contributed by atoms with Crippen LogP contribution in [-0.4, -0.2) is 19.3 Å². The van der Waals surface area contributed by atoms with E-state index in [1.54, 1.807) is 0 Å². The molecule has 0 aliphatic rings. The maximum absolute atomic E-state index is 10.5. The fraction of sp³-hybridized carbons (Fsp3) is 0.400. The van der Waals surface area contributed by atoms with E-state index in [0.29, 0.717) is 0 Å². The van der Waals surface area contributed by atoms with Gasteiger partial charge in [0.05, 0.1) is 27.1 Å². The third kappa shape index (κ3) is 13.9. The van der Waals surface area contributed by atoms with E-state index in [1.165, 1.54) is 0 Å². The Morgan fingerprint density at radius 3 is 2.10 bits per heavy atom. The molecular formula is C10H12Na3O6P. The molecule has 1 aromatic carbocycles. The van der Waals surface area contributed by atoms with Gasteiger partial charge in [0.25, 0.3) is 0 Å². The van der Waals surface area contributed by atoms with Crippen LogP contribution < -0.4 is 104 Å². The number of ether oxygens (including phenoxy) is 1. The summed E-state index contributed by atoms with van der Waals surface area (Å²) in [7, 11) is -5.13. The monoisotopic (exact) mass is 328 g/mol. The van der Waals surface area contributed by atoms with Crippen molar-refractivity contribution in [1.29, 1.82) is 0 Å². The summed E-state index contributed by atoms with van der Waals surface area (Å²) in [5.74, 6) is 0. The standard InChI is InChI=1S/C10H14O6P.3Na/c11-6-10(16-17(12,13)14)8-15-7-9-4-2-1-3-5-9;;;/h1-5,10H,6-8H2,(H2,12,13,14);;;/q-1;3*+1/p-2. The van der Waals surface area contributed by atoms with Crippen LogP contribution in [0.15, 0.2) is 30.3 Å². The average molecular weight is 328 g/mol. The Hall–Kier alpha value is 2.25. The fourth-order valence-electron chi connectivity index (χ4n) is 1.17. The number of rotatable bonds is 7. The van der Waals surface area contributed by atoms with Crippen LogP contribution in [0.5, 0.6) is 0 Å². The van der Waals surface area contributed by atoms with Crippen LogP contribution in [0.2, 0.25) is 0 Å². The van der Waals surface area contributed by atoms with Crippen LogP contribution in [0.4, 0.5) is 0 Å². The van der Waals surface area contributed by atoms with E-state index < -0.39 is 20.5 Å². The molecule has 0 fully saturated rings. The Kier molecular flexibility index (Phi) is 20.1. The number of phosphoric ester groups is 1. The predicted molar refractivity (Wildman–Crippen MR) is 53.4 cm³/mol. The Bertz CT molecular complexity index is 375. The molecule has 1 unspecified atom stereocenters. The van der Waals surface area contributed by atoms with Gasteiger partial charge in [0.15, 0.2) is 0 Å². The number of hydrogen-bond donors (Lipinski definition) is 0. The van der Waals surface area contributed by atoms with Gasteiger partial charge in [-0.15, -0.1) is 6.61 Å². The Labute approximate surface area is 184 Å². The van der Waals surface area contributed by atoms with Gasteiger partial charge >= 0.3 is 88.7 Å². The van der Waals surface area contributed by atoms with Crippen LogP contribution in [0.3, 0.4) is 0 Å². The van der Waals surface area contributed by atoms with Gasteiger partial charge in [-0.25, -0.2) is 0 Å². The topological polar surface area (TPSA) is 105 Å². The van der Waals surface area contributed by atoms with Crippen LogP contribution in [0.1, 0.15) is 5.56 Å². The molecule has 1 rings (SSSR count). The van der Waals surface area contributed by atoms with Gasteiger partial charge in [-0.3, -0.25) is 0 Å². The zero-order chi connectivity index (χ0) is 12.7. The minimum absolute atomic E-state index is 0. The first-order chi connectivity index (χ1) is 8.01. The Morgan fingerprint density at radius 2 is 1.65 bits per heavy atom. The van der Waals surface area contributed by atoms with E-state index in [9.17, 15) is 19.5 Å². The van der Waals surface area contributed by atoms with E-state index in [4.69, 9.17) is 4.74 Å². The molecule has 0 radical (unpaired) electrons. The largest absolute Gasteiger partial charge is 1.00 e. The van der Waals surface area contributed by atoms with Crippen molar-refractivity contribution in [2.75, 3.05) is 13.2 Å². The Morgan fingerprint density at radius 1 is 1.10 bits per heavy atom. The van der Waals surface area contributed by atoms with Crippen molar-refractivity contribution in [2.45, 2.75) is 12.7 Å². The summed E-state index contributed by atoms with van der Waals surface area (Å²) >= 11 is 0. The number of phosphoric acid groups is 1. The maximum Gasteiger partial charge on any atom is 1.00 e. The van der Waals surface area contributed by atoms with Crippen molar-refractivity contribution in [3.8, 4) is 0 Å². The van der Waals surface area contributed by atoms with Gasteiger partial charge in [0, 0.05) is 0 Å². The van der Waals surface area contributed by atoms with E-state index in [-0.39, 0.29) is 102 Å². The van der Waals surface area contributed by atoms with Gasteiger partial charge in [0.2, 0.25) is 0 Å². The van der Waals surface area contributed by atoms with Crippen LogP contribution >= 0.6 is 7.82 Å². The zero-order valence-corrected chi connectivity index (χ0v) is 18.9. The molecule has 0 saturated heterocycles. The zero-order valence-electron chi connectivity index (χ0n) is 12.0. The van der Waals surface area contributed by atoms with Gasteiger partial charge < -0.3 is 28.7 Å². The summed E-state index contributed by atoms with van der Waals surface area (Å²) in [6.07, 6.45) is -1.26. The molecule has 0 N–H and O–H groups in total. The molecular weight excluding hydrogens is 316 g/mol. The molecule has 0 bridgehead atoms. The van der Waals surface area contributed by atoms with Crippen molar-refractivity contribution in [1.82, 2.24) is 0 Å². The van der Waals surface area contributed by atoms with Crippen LogP contribution in [0, 0.1) is 0 Å². The molecule has 0 aliphatic carbocycles. The van der Waals surface area contributed by atoms with E-state index in [2.05, 4.69) is 4.52 Å². The fourth-order valence-corrected chi connectivity index (χ4v) is 1.66. The van der Waals surface area contributed by atoms with E-state index in [1.807, 2.05) is 30.3 Å². The predicted octanol–water partition coefficient (Wildman–Crippen LogP) is -10.2. The van der Waals surface area contributed by atoms with Crippen molar-refractivity contribution in [3.05, 3.63) is 35.9 Å². The van der Waals surface area contributed by atoms with Crippen molar-refractivity contribution >= 4 is 7.82 Å². The van der Waals surface area contributed by atoms with Crippen molar-refractivity contribution in [2.24, 2.45) is 0 Å². The summed E-state index contributed by atoms with van der Waals surface area (Å²) in [6, 6.07) is 9.13. The molecule has 0 aromatic heterocycles. The van der Waals surface area contributed by atoms with Gasteiger partial charge in [-0.2, -0.15) is 0 Å². The average Bonchev–Trinajstić information content (AvgIpc) is 2.27. The van der Waals surface area contributed by atoms with Gasteiger partial charge in [-0.1, -0.05) is 30.3 Å². The van der Waals surface area contributed by atoms with Crippen molar-refractivity contribution < 1.29 is 117 Å². The van der Waals surface area contributed by atoms with Crippen molar-refractivity contribution in [3.63, 3.8) is 0 Å². The molecule has 20 heavy (non-hydrogen) atoms. The molecule has 0 amide bonds. The number of benzene rings is 1. The first kappa shape index (κ1) is 27.1. The van der Waals surface area contributed by atoms with E-state index in [0.717, 1.165) is 5.56 Å². The Balaban J connectivity index is -0.000000963. The second-order valence-electron chi connectivity index (χ2n) is 3.34. The van der Waals surface area contributed by atoms with Gasteiger partial charge in [-0.05, 0) is 5.56 Å². The van der Waals surface area contributed by atoms with Crippen LogP contribution in [-0.2, 0) is 20.4 Å². The molecule has 0 aliphatic heterocycles. The molecule has 0 spiro atoms. The quantitative estimate of drug-likeness (QED) is 0.364. The molecule has 6 nitrogen and oxygen atoms in total. The smallest absolute Gasteiger partial charge is 0.853 e. The second kappa shape index (κ2) is 14.8. The summed E-state index contributed by atoms with van der Waals surface area (Å²) in [4.78, 5) is 20.6. The molecule has 10 heteroatoms. The molecule has 0 saturated carbocycles. The maximum atomic E-state index is 10.5. The molecule has 0 heterocycles. The van der Waals surface area contributed by atoms with Crippen LogP contribution in [0.25, 0.3) is 0 Å². The SMILES string of the molecule is O=P([O-])([O-])OC(C[O-])COCc1ccccc1.[Na+].[Na+].[Na+]. The van der Waals surface area contributed by atoms with Gasteiger partial charge in [0.1, 0.15) is 0 Å². The first-order valence-corrected chi connectivity index (χ1v) is 6.37. The second-order valence-corrected chi connectivity index (χ2v) is 4.45. The molecule has 96 valence electrons. The molecule has 1 aromatic rings. The summed E-state index contributed by atoms with van der Waals surface area (Å²) in [5.41, 5.74) is 0.879. The normalized spacial score (nSPS) is 11.6. The minimum Gasteiger partial charge on any atom is -0.853 e. The summed E-state index contributed by atoms with van der Waals surface area (Å²) in [6.45, 7) is -0.848. The first-order valence-electron chi connectivity index (χ1n) is 4.91. The summed E-state index contributed by atoms with van der Waals surface area (Å²) in [5, 5.41) is 10.5.